The van der Waals surface area contributed by atoms with Crippen LogP contribution in [-0.4, -0.2) is 44.0 Å². The van der Waals surface area contributed by atoms with Gasteiger partial charge in [0, 0.05) is 37.6 Å². The summed E-state index contributed by atoms with van der Waals surface area (Å²) in [7, 11) is 3.50. The monoisotopic (exact) mass is 392 g/mol. The first-order valence-corrected chi connectivity index (χ1v) is 9.76. The summed E-state index contributed by atoms with van der Waals surface area (Å²) >= 11 is 7.56. The van der Waals surface area contributed by atoms with E-state index in [1.54, 1.807) is 30.3 Å². The summed E-state index contributed by atoms with van der Waals surface area (Å²) in [5.74, 6) is 0.785. The molecule has 7 heteroatoms. The number of amides is 1. The van der Waals surface area contributed by atoms with Crippen LogP contribution in [0.25, 0.3) is 0 Å². The largest absolute Gasteiger partial charge is 0.357 e. The lowest BCUT2D eigenvalue weighted by molar-refractivity contribution is 0.0827. The molecule has 140 valence electrons. The summed E-state index contributed by atoms with van der Waals surface area (Å²) in [5.41, 5.74) is 1.74. The average Bonchev–Trinajstić information content (AvgIpc) is 3.04. The van der Waals surface area contributed by atoms with Crippen molar-refractivity contribution in [2.24, 2.45) is 4.99 Å². The number of thiophene rings is 1. The highest BCUT2D eigenvalue weighted by atomic mass is 35.5. The van der Waals surface area contributed by atoms with E-state index in [2.05, 4.69) is 21.7 Å². The quantitative estimate of drug-likeness (QED) is 0.560. The van der Waals surface area contributed by atoms with Crippen LogP contribution in [-0.2, 0) is 13.0 Å². The number of carbonyl (C=O) groups excluding carboxylic acids is 1. The van der Waals surface area contributed by atoms with Crippen molar-refractivity contribution < 1.29 is 4.79 Å². The van der Waals surface area contributed by atoms with E-state index in [1.807, 2.05) is 37.3 Å². The SMILES string of the molecule is CCNC(=NCc1ccc(C(=O)N(C)C)cc1)NCCc1ccc(Cl)s1. The molecule has 1 aromatic heterocycles. The van der Waals surface area contributed by atoms with E-state index in [0.29, 0.717) is 12.1 Å². The Labute approximate surface area is 164 Å². The Hall–Kier alpha value is -2.05. The van der Waals surface area contributed by atoms with Crippen LogP contribution in [0.4, 0.5) is 0 Å². The van der Waals surface area contributed by atoms with Gasteiger partial charge in [-0.15, -0.1) is 11.3 Å². The molecule has 2 N–H and O–H groups in total. The van der Waals surface area contributed by atoms with Crippen LogP contribution < -0.4 is 10.6 Å². The second kappa shape index (κ2) is 10.2. The van der Waals surface area contributed by atoms with Crippen molar-refractivity contribution >= 4 is 34.8 Å². The van der Waals surface area contributed by atoms with Crippen LogP contribution in [0.15, 0.2) is 41.4 Å². The van der Waals surface area contributed by atoms with Gasteiger partial charge in [0.25, 0.3) is 5.91 Å². The number of aliphatic imine (C=N–C) groups is 1. The molecule has 26 heavy (non-hydrogen) atoms. The van der Waals surface area contributed by atoms with E-state index in [9.17, 15) is 4.79 Å². The minimum atomic E-state index is 0.00346. The van der Waals surface area contributed by atoms with Crippen LogP contribution in [0.1, 0.15) is 27.7 Å². The number of halogens is 1. The molecule has 0 aliphatic carbocycles. The lowest BCUT2D eigenvalue weighted by atomic mass is 10.1. The molecular formula is C19H25ClN4OS. The van der Waals surface area contributed by atoms with Gasteiger partial charge in [-0.25, -0.2) is 4.99 Å². The Morgan fingerprint density at radius 3 is 2.46 bits per heavy atom. The highest BCUT2D eigenvalue weighted by Gasteiger charge is 2.07. The van der Waals surface area contributed by atoms with Crippen LogP contribution in [0.5, 0.6) is 0 Å². The zero-order valence-corrected chi connectivity index (χ0v) is 17.0. The molecule has 0 atom stereocenters. The molecular weight excluding hydrogens is 368 g/mol. The lowest BCUT2D eigenvalue weighted by Crippen LogP contribution is -2.38. The molecule has 0 radical (unpaired) electrons. The number of hydrogen-bond acceptors (Lipinski definition) is 3. The molecule has 0 fully saturated rings. The molecule has 2 aromatic rings. The van der Waals surface area contributed by atoms with Gasteiger partial charge in [-0.05, 0) is 43.2 Å². The van der Waals surface area contributed by atoms with E-state index in [-0.39, 0.29) is 5.91 Å². The molecule has 1 heterocycles. The Bertz CT molecular complexity index is 740. The van der Waals surface area contributed by atoms with E-state index in [0.717, 1.165) is 35.4 Å². The van der Waals surface area contributed by atoms with Crippen molar-refractivity contribution in [3.63, 3.8) is 0 Å². The van der Waals surface area contributed by atoms with Gasteiger partial charge in [0.05, 0.1) is 10.9 Å². The van der Waals surface area contributed by atoms with Gasteiger partial charge in [0.2, 0.25) is 0 Å². The van der Waals surface area contributed by atoms with E-state index < -0.39 is 0 Å². The molecule has 1 aromatic carbocycles. The highest BCUT2D eigenvalue weighted by molar-refractivity contribution is 7.16. The maximum Gasteiger partial charge on any atom is 0.253 e. The molecule has 0 aliphatic rings. The van der Waals surface area contributed by atoms with Crippen LogP contribution in [0.2, 0.25) is 4.34 Å². The number of carbonyl (C=O) groups is 1. The number of nitrogens with one attached hydrogen (secondary N) is 2. The molecule has 0 spiro atoms. The fourth-order valence-corrected chi connectivity index (χ4v) is 3.40. The first-order chi connectivity index (χ1) is 12.5. The van der Waals surface area contributed by atoms with Gasteiger partial charge < -0.3 is 15.5 Å². The summed E-state index contributed by atoms with van der Waals surface area (Å²) in [6, 6.07) is 11.5. The van der Waals surface area contributed by atoms with Crippen molar-refractivity contribution in [3.05, 3.63) is 56.7 Å². The molecule has 0 saturated carbocycles. The fourth-order valence-electron chi connectivity index (χ4n) is 2.31. The van der Waals surface area contributed by atoms with Crippen molar-refractivity contribution in [1.29, 1.82) is 0 Å². The summed E-state index contributed by atoms with van der Waals surface area (Å²) in [6.45, 7) is 4.18. The van der Waals surface area contributed by atoms with E-state index in [1.165, 1.54) is 4.88 Å². The Morgan fingerprint density at radius 2 is 1.88 bits per heavy atom. The van der Waals surface area contributed by atoms with Gasteiger partial charge in [0.1, 0.15) is 0 Å². The third-order valence-corrected chi connectivity index (χ3v) is 4.95. The van der Waals surface area contributed by atoms with Gasteiger partial charge >= 0.3 is 0 Å². The standard InChI is InChI=1S/C19H25ClN4OS/c1-4-21-19(22-12-11-16-9-10-17(20)26-16)23-13-14-5-7-15(8-6-14)18(25)24(2)3/h5-10H,4,11-13H2,1-3H3,(H2,21,22,23). The number of benzene rings is 1. The molecule has 0 aliphatic heterocycles. The lowest BCUT2D eigenvalue weighted by Gasteiger charge is -2.12. The summed E-state index contributed by atoms with van der Waals surface area (Å²) < 4.78 is 0.816. The van der Waals surface area contributed by atoms with E-state index >= 15 is 0 Å². The number of guanidine groups is 1. The van der Waals surface area contributed by atoms with Crippen molar-refractivity contribution in [3.8, 4) is 0 Å². The van der Waals surface area contributed by atoms with Crippen LogP contribution >= 0.6 is 22.9 Å². The number of hydrogen-bond donors (Lipinski definition) is 2. The van der Waals surface area contributed by atoms with Crippen molar-refractivity contribution in [2.75, 3.05) is 27.2 Å². The van der Waals surface area contributed by atoms with Gasteiger partial charge in [0.15, 0.2) is 5.96 Å². The molecule has 2 rings (SSSR count). The van der Waals surface area contributed by atoms with Gasteiger partial charge in [-0.1, -0.05) is 23.7 Å². The Kier molecular flexibility index (Phi) is 7.94. The molecule has 5 nitrogen and oxygen atoms in total. The normalized spacial score (nSPS) is 11.3. The first-order valence-electron chi connectivity index (χ1n) is 8.56. The summed E-state index contributed by atoms with van der Waals surface area (Å²) in [4.78, 5) is 19.3. The third kappa shape index (κ3) is 6.35. The average molecular weight is 393 g/mol. The predicted molar refractivity (Wildman–Crippen MR) is 110 cm³/mol. The number of nitrogens with zero attached hydrogens (tertiary/aromatic N) is 2. The highest BCUT2D eigenvalue weighted by Crippen LogP contribution is 2.21. The Morgan fingerprint density at radius 1 is 1.15 bits per heavy atom. The molecule has 1 amide bonds. The van der Waals surface area contributed by atoms with Crippen molar-refractivity contribution in [2.45, 2.75) is 19.9 Å². The molecule has 0 unspecified atom stereocenters. The second-order valence-corrected chi connectivity index (χ2v) is 7.77. The smallest absolute Gasteiger partial charge is 0.253 e. The third-order valence-electron chi connectivity index (χ3n) is 3.66. The minimum Gasteiger partial charge on any atom is -0.357 e. The van der Waals surface area contributed by atoms with Crippen molar-refractivity contribution in [1.82, 2.24) is 15.5 Å². The maximum absolute atomic E-state index is 11.9. The van der Waals surface area contributed by atoms with Crippen LogP contribution in [0.3, 0.4) is 0 Å². The molecule has 0 saturated heterocycles. The second-order valence-electron chi connectivity index (χ2n) is 5.97. The first kappa shape index (κ1) is 20.3. The van der Waals surface area contributed by atoms with Crippen LogP contribution in [0, 0.1) is 0 Å². The van der Waals surface area contributed by atoms with E-state index in [4.69, 9.17) is 11.6 Å². The predicted octanol–water partition coefficient (Wildman–Crippen LogP) is 3.40. The fraction of sp³-hybridized carbons (Fsp3) is 0.368. The molecule has 0 bridgehead atoms. The van der Waals surface area contributed by atoms with Gasteiger partial charge in [-0.3, -0.25) is 4.79 Å². The Balaban J connectivity index is 1.90. The zero-order valence-electron chi connectivity index (χ0n) is 15.4. The number of rotatable bonds is 7. The topological polar surface area (TPSA) is 56.7 Å². The summed E-state index contributed by atoms with van der Waals surface area (Å²) in [5, 5.41) is 6.58. The summed E-state index contributed by atoms with van der Waals surface area (Å²) in [6.07, 6.45) is 0.906. The maximum atomic E-state index is 11.9. The van der Waals surface area contributed by atoms with Gasteiger partial charge in [-0.2, -0.15) is 0 Å². The minimum absolute atomic E-state index is 0.00346. The zero-order chi connectivity index (χ0) is 18.9.